The van der Waals surface area contributed by atoms with E-state index in [1.165, 1.54) is 103 Å². The van der Waals surface area contributed by atoms with Crippen LogP contribution in [0, 0.1) is 0 Å². The normalized spacial score (nSPS) is 14.2. The third-order valence-electron chi connectivity index (χ3n) is 10.4. The van der Waals surface area contributed by atoms with Crippen molar-refractivity contribution in [2.45, 2.75) is 200 Å². The molecule has 0 rings (SSSR count). The third-order valence-corrected chi connectivity index (χ3v) is 11.4. The Morgan fingerprint density at radius 2 is 0.922 bits per heavy atom. The number of rotatable bonds is 45. The van der Waals surface area contributed by atoms with Crippen molar-refractivity contribution in [1.82, 2.24) is 0 Å². The van der Waals surface area contributed by atoms with Gasteiger partial charge in [-0.1, -0.05) is 189 Å². The van der Waals surface area contributed by atoms with Crippen LogP contribution in [0.4, 0.5) is 0 Å². The summed E-state index contributed by atoms with van der Waals surface area (Å²) in [6, 6.07) is 0. The first kappa shape index (κ1) is 61.2. The summed E-state index contributed by atoms with van der Waals surface area (Å²) in [5.74, 6) is -0.936. The maximum absolute atomic E-state index is 12.7. The summed E-state index contributed by atoms with van der Waals surface area (Å²) < 4.78 is 33.9. The number of carbonyl (C=O) groups is 2. The number of likely N-dealkylation sites (N-methyl/N-ethyl adjacent to an activating group) is 1. The maximum Gasteiger partial charge on any atom is 0.306 e. The number of phosphoric acid groups is 1. The first-order valence-corrected chi connectivity index (χ1v) is 26.8. The van der Waals surface area contributed by atoms with Crippen molar-refractivity contribution in [3.8, 4) is 0 Å². The minimum Gasteiger partial charge on any atom is -0.756 e. The number of quaternary nitrogens is 1. The molecule has 0 saturated carbocycles. The van der Waals surface area contributed by atoms with Gasteiger partial charge in [0.1, 0.15) is 19.8 Å². The van der Waals surface area contributed by atoms with E-state index in [2.05, 4.69) is 86.8 Å². The van der Waals surface area contributed by atoms with Gasteiger partial charge in [-0.15, -0.1) is 0 Å². The molecule has 10 heteroatoms. The van der Waals surface area contributed by atoms with E-state index in [-0.39, 0.29) is 26.1 Å². The molecule has 0 radical (unpaired) electrons. The Morgan fingerprint density at radius 3 is 1.39 bits per heavy atom. The van der Waals surface area contributed by atoms with Crippen molar-refractivity contribution in [1.29, 1.82) is 0 Å². The Labute approximate surface area is 392 Å². The number of allylic oxidation sites excluding steroid dienone is 14. The van der Waals surface area contributed by atoms with Gasteiger partial charge in [0.15, 0.2) is 6.10 Å². The molecule has 9 nitrogen and oxygen atoms in total. The number of hydrogen-bond donors (Lipinski definition) is 0. The van der Waals surface area contributed by atoms with Crippen LogP contribution in [0.25, 0.3) is 0 Å². The summed E-state index contributed by atoms with van der Waals surface area (Å²) >= 11 is 0. The lowest BCUT2D eigenvalue weighted by Gasteiger charge is -2.28. The Morgan fingerprint density at radius 1 is 0.500 bits per heavy atom. The van der Waals surface area contributed by atoms with Crippen LogP contribution in [0.3, 0.4) is 0 Å². The molecule has 0 spiro atoms. The highest BCUT2D eigenvalue weighted by Gasteiger charge is 2.21. The van der Waals surface area contributed by atoms with Gasteiger partial charge in [0.25, 0.3) is 7.82 Å². The van der Waals surface area contributed by atoms with E-state index in [0.717, 1.165) is 57.8 Å². The highest BCUT2D eigenvalue weighted by atomic mass is 31.2. The topological polar surface area (TPSA) is 111 Å². The minimum absolute atomic E-state index is 0.0483. The number of esters is 2. The molecular formula is C54H94NO8P. The molecule has 0 aromatic rings. The SMILES string of the molecule is CC/C=C\C/C=C\C/C=C\C/C=C\C/C=C\C/C=C\CCC(=O)O[C@H](COC(=O)CCCCCCCCCCCCC/C=C\CCCCCCCC)COP(=O)([O-])OCC[N+](C)(C)C. The lowest BCUT2D eigenvalue weighted by Crippen LogP contribution is -2.37. The Kier molecular flexibility index (Phi) is 43.4. The zero-order valence-electron chi connectivity index (χ0n) is 41.4. The lowest BCUT2D eigenvalue weighted by molar-refractivity contribution is -0.870. The largest absolute Gasteiger partial charge is 0.756 e. The average molecular weight is 916 g/mol. The maximum atomic E-state index is 12.7. The van der Waals surface area contributed by atoms with Crippen molar-refractivity contribution in [2.24, 2.45) is 0 Å². The molecule has 1 unspecified atom stereocenters. The fourth-order valence-corrected chi connectivity index (χ4v) is 7.23. The summed E-state index contributed by atoms with van der Waals surface area (Å²) in [4.78, 5) is 37.7. The molecule has 0 aliphatic heterocycles. The van der Waals surface area contributed by atoms with E-state index in [1.54, 1.807) is 0 Å². The number of nitrogens with zero attached hydrogens (tertiary/aromatic N) is 1. The molecular weight excluding hydrogens is 822 g/mol. The van der Waals surface area contributed by atoms with Crippen LogP contribution >= 0.6 is 7.82 Å². The van der Waals surface area contributed by atoms with E-state index in [9.17, 15) is 19.0 Å². The molecule has 0 amide bonds. The first-order valence-electron chi connectivity index (χ1n) is 25.3. The molecule has 0 aromatic heterocycles. The second-order valence-corrected chi connectivity index (χ2v) is 19.2. The summed E-state index contributed by atoms with van der Waals surface area (Å²) in [5, 5.41) is 0. The number of hydrogen-bond acceptors (Lipinski definition) is 8. The van der Waals surface area contributed by atoms with Gasteiger partial charge in [0.2, 0.25) is 0 Å². The van der Waals surface area contributed by atoms with Crippen LogP contribution in [0.5, 0.6) is 0 Å². The molecule has 0 aliphatic rings. The van der Waals surface area contributed by atoms with Gasteiger partial charge in [0, 0.05) is 12.8 Å². The van der Waals surface area contributed by atoms with Crippen molar-refractivity contribution < 1.29 is 42.1 Å². The van der Waals surface area contributed by atoms with E-state index >= 15 is 0 Å². The zero-order valence-corrected chi connectivity index (χ0v) is 42.3. The van der Waals surface area contributed by atoms with Crippen LogP contribution in [0.2, 0.25) is 0 Å². The summed E-state index contributed by atoms with van der Waals surface area (Å²) in [5.41, 5.74) is 0. The molecule has 2 atom stereocenters. The summed E-state index contributed by atoms with van der Waals surface area (Å²) in [6.07, 6.45) is 59.2. The fraction of sp³-hybridized carbons (Fsp3) is 0.704. The first-order chi connectivity index (χ1) is 31.0. The Bertz CT molecular complexity index is 1360. The predicted octanol–water partition coefficient (Wildman–Crippen LogP) is 14.5. The van der Waals surface area contributed by atoms with Crippen LogP contribution in [0.15, 0.2) is 85.1 Å². The molecule has 0 fully saturated rings. The van der Waals surface area contributed by atoms with E-state index in [0.29, 0.717) is 17.4 Å². The third kappa shape index (κ3) is 48.6. The molecule has 0 aromatic carbocycles. The van der Waals surface area contributed by atoms with Crippen LogP contribution < -0.4 is 4.89 Å². The van der Waals surface area contributed by atoms with Gasteiger partial charge in [-0.25, -0.2) is 0 Å². The molecule has 0 saturated heterocycles. The van der Waals surface area contributed by atoms with E-state index < -0.39 is 32.5 Å². The second kappa shape index (κ2) is 45.4. The highest BCUT2D eigenvalue weighted by Crippen LogP contribution is 2.38. The van der Waals surface area contributed by atoms with Gasteiger partial charge >= 0.3 is 11.9 Å². The molecule has 0 N–H and O–H groups in total. The molecule has 368 valence electrons. The Hall–Kier alpha value is -2.81. The van der Waals surface area contributed by atoms with Gasteiger partial charge in [-0.2, -0.15) is 0 Å². The number of ether oxygens (including phenoxy) is 2. The Balaban J connectivity index is 4.37. The average Bonchev–Trinajstić information content (AvgIpc) is 3.25. The molecule has 0 bridgehead atoms. The highest BCUT2D eigenvalue weighted by molar-refractivity contribution is 7.45. The van der Waals surface area contributed by atoms with Crippen molar-refractivity contribution in [3.63, 3.8) is 0 Å². The quantitative estimate of drug-likeness (QED) is 0.0195. The smallest absolute Gasteiger partial charge is 0.306 e. The van der Waals surface area contributed by atoms with Crippen molar-refractivity contribution in [3.05, 3.63) is 85.1 Å². The molecule has 0 aliphatic carbocycles. The van der Waals surface area contributed by atoms with Crippen LogP contribution in [-0.2, 0) is 32.7 Å². The second-order valence-electron chi connectivity index (χ2n) is 17.8. The van der Waals surface area contributed by atoms with Crippen LogP contribution in [0.1, 0.15) is 194 Å². The molecule has 0 heterocycles. The van der Waals surface area contributed by atoms with Crippen molar-refractivity contribution in [2.75, 3.05) is 47.5 Å². The monoisotopic (exact) mass is 916 g/mol. The van der Waals surface area contributed by atoms with E-state index in [1.807, 2.05) is 33.3 Å². The number of carbonyl (C=O) groups excluding carboxylic acids is 2. The summed E-state index contributed by atoms with van der Waals surface area (Å²) in [7, 11) is 1.11. The number of unbranched alkanes of at least 4 members (excludes halogenated alkanes) is 17. The van der Waals surface area contributed by atoms with Gasteiger partial charge < -0.3 is 27.9 Å². The fourth-order valence-electron chi connectivity index (χ4n) is 6.50. The van der Waals surface area contributed by atoms with Crippen LogP contribution in [-0.4, -0.2) is 70.0 Å². The van der Waals surface area contributed by atoms with Gasteiger partial charge in [0.05, 0.1) is 27.7 Å². The van der Waals surface area contributed by atoms with Gasteiger partial charge in [-0.3, -0.25) is 14.2 Å². The lowest BCUT2D eigenvalue weighted by atomic mass is 10.0. The minimum atomic E-state index is -4.66. The number of phosphoric ester groups is 1. The molecule has 64 heavy (non-hydrogen) atoms. The van der Waals surface area contributed by atoms with Crippen molar-refractivity contribution >= 4 is 19.8 Å². The summed E-state index contributed by atoms with van der Waals surface area (Å²) in [6.45, 7) is 4.02. The zero-order chi connectivity index (χ0) is 47.1. The predicted molar refractivity (Wildman–Crippen MR) is 268 cm³/mol. The van der Waals surface area contributed by atoms with E-state index in [4.69, 9.17) is 18.5 Å². The van der Waals surface area contributed by atoms with Gasteiger partial charge in [-0.05, 0) is 77.0 Å². The standard InChI is InChI=1S/C54H94NO8P/c1-6-8-10-12-14-16-18-20-22-24-26-27-29-30-32-34-36-38-40-42-44-46-53(56)60-50-52(51-62-64(58,59)61-49-48-55(3,4)5)63-54(57)47-45-43-41-39-37-35-33-31-28-25-23-21-19-17-15-13-11-9-7-2/h9,11,15,17,20-23,28,31,35,37,41,43,52H,6-8,10,12-14,16,18-19,24-27,29-30,32-34,36,38-40,42,44-51H2,1-5H3/b11-9-,17-15-,22-20-,23-21-,31-28-,37-35-,43-41-/t52-/m1/s1.